The summed E-state index contributed by atoms with van der Waals surface area (Å²) < 4.78 is 2.01. The molecule has 0 unspecified atom stereocenters. The highest BCUT2D eigenvalue weighted by Crippen LogP contribution is 2.39. The van der Waals surface area contributed by atoms with Crippen LogP contribution in [0.5, 0.6) is 0 Å². The van der Waals surface area contributed by atoms with E-state index in [1.165, 1.54) is 0 Å². The minimum Gasteiger partial charge on any atom is -0.382 e. The Morgan fingerprint density at radius 2 is 2.42 bits per heavy atom. The van der Waals surface area contributed by atoms with Gasteiger partial charge in [0.1, 0.15) is 11.4 Å². The number of aliphatic hydroxyl groups is 1. The largest absolute Gasteiger partial charge is 0.382 e. The van der Waals surface area contributed by atoms with Crippen LogP contribution < -0.4 is 0 Å². The summed E-state index contributed by atoms with van der Waals surface area (Å²) in [5.74, 6) is 0.844. The van der Waals surface area contributed by atoms with Crippen molar-refractivity contribution in [2.75, 3.05) is 0 Å². The number of rotatable bonds is 2. The summed E-state index contributed by atoms with van der Waals surface area (Å²) in [4.78, 5) is 4.19. The van der Waals surface area contributed by atoms with E-state index in [0.29, 0.717) is 0 Å². The van der Waals surface area contributed by atoms with Crippen LogP contribution in [0.25, 0.3) is 0 Å². The zero-order valence-corrected chi connectivity index (χ0v) is 7.32. The molecule has 0 aromatic carbocycles. The fourth-order valence-corrected chi connectivity index (χ4v) is 1.71. The maximum atomic E-state index is 10.00. The molecule has 1 aromatic rings. The van der Waals surface area contributed by atoms with Gasteiger partial charge in [-0.15, -0.1) is 0 Å². The Balaban J connectivity index is 2.31. The lowest BCUT2D eigenvalue weighted by Crippen LogP contribution is -2.36. The molecular weight excluding hydrogens is 152 g/mol. The number of hydrogen-bond acceptors (Lipinski definition) is 2. The van der Waals surface area contributed by atoms with Crippen LogP contribution in [0.1, 0.15) is 32.0 Å². The van der Waals surface area contributed by atoms with Crippen molar-refractivity contribution in [1.82, 2.24) is 9.55 Å². The van der Waals surface area contributed by atoms with Gasteiger partial charge in [0.2, 0.25) is 0 Å². The SMILES string of the molecule is CCn1ccnc1C1(O)CCC1. The van der Waals surface area contributed by atoms with Gasteiger partial charge in [0, 0.05) is 18.9 Å². The Bertz CT molecular complexity index is 276. The van der Waals surface area contributed by atoms with Gasteiger partial charge in [-0.3, -0.25) is 0 Å². The second-order valence-electron chi connectivity index (χ2n) is 3.42. The van der Waals surface area contributed by atoms with Gasteiger partial charge < -0.3 is 9.67 Å². The highest BCUT2D eigenvalue weighted by Gasteiger charge is 2.39. The second kappa shape index (κ2) is 2.59. The van der Waals surface area contributed by atoms with Crippen molar-refractivity contribution in [2.45, 2.75) is 38.3 Å². The molecule has 1 fully saturated rings. The average molecular weight is 166 g/mol. The quantitative estimate of drug-likeness (QED) is 0.718. The molecule has 0 bridgehead atoms. The standard InChI is InChI=1S/C9H14N2O/c1-2-11-7-6-10-8(11)9(12)4-3-5-9/h6-7,12H,2-5H2,1H3. The summed E-state index contributed by atoms with van der Waals surface area (Å²) in [6.07, 6.45) is 6.53. The molecule has 1 aliphatic rings. The van der Waals surface area contributed by atoms with E-state index >= 15 is 0 Å². The van der Waals surface area contributed by atoms with Crippen LogP contribution in [0.4, 0.5) is 0 Å². The first kappa shape index (κ1) is 7.80. The topological polar surface area (TPSA) is 38.0 Å². The molecule has 3 nitrogen and oxygen atoms in total. The number of imidazole rings is 1. The molecule has 0 amide bonds. The van der Waals surface area contributed by atoms with E-state index in [1.807, 2.05) is 10.8 Å². The minimum atomic E-state index is -0.612. The summed E-state index contributed by atoms with van der Waals surface area (Å²) in [5, 5.41) is 10.00. The minimum absolute atomic E-state index is 0.612. The Labute approximate surface area is 72.0 Å². The second-order valence-corrected chi connectivity index (χ2v) is 3.42. The summed E-state index contributed by atoms with van der Waals surface area (Å²) in [5.41, 5.74) is -0.612. The van der Waals surface area contributed by atoms with Gasteiger partial charge in [0.05, 0.1) is 0 Å². The number of aryl methyl sites for hydroxylation is 1. The zero-order chi connectivity index (χ0) is 8.60. The van der Waals surface area contributed by atoms with Gasteiger partial charge in [-0.2, -0.15) is 0 Å². The molecule has 3 heteroatoms. The lowest BCUT2D eigenvalue weighted by Gasteiger charge is -2.35. The van der Waals surface area contributed by atoms with Crippen LogP contribution in [0.2, 0.25) is 0 Å². The highest BCUT2D eigenvalue weighted by atomic mass is 16.3. The fraction of sp³-hybridized carbons (Fsp3) is 0.667. The Hall–Kier alpha value is -0.830. The van der Waals surface area contributed by atoms with Crippen LogP contribution in [-0.4, -0.2) is 14.7 Å². The molecule has 1 saturated carbocycles. The Kier molecular flexibility index (Phi) is 1.68. The normalized spacial score (nSPS) is 20.5. The molecule has 12 heavy (non-hydrogen) atoms. The van der Waals surface area contributed by atoms with E-state index in [1.54, 1.807) is 6.20 Å². The van der Waals surface area contributed by atoms with Crippen LogP contribution in [0.15, 0.2) is 12.4 Å². The van der Waals surface area contributed by atoms with Crippen molar-refractivity contribution >= 4 is 0 Å². The van der Waals surface area contributed by atoms with E-state index in [2.05, 4.69) is 11.9 Å². The first-order valence-corrected chi connectivity index (χ1v) is 4.50. The summed E-state index contributed by atoms with van der Waals surface area (Å²) in [6.45, 7) is 2.95. The molecule has 0 atom stereocenters. The fourth-order valence-electron chi connectivity index (χ4n) is 1.71. The number of nitrogens with zero attached hydrogens (tertiary/aromatic N) is 2. The van der Waals surface area contributed by atoms with Gasteiger partial charge in [-0.05, 0) is 26.2 Å². The van der Waals surface area contributed by atoms with Gasteiger partial charge in [-0.1, -0.05) is 0 Å². The molecule has 0 aliphatic heterocycles. The molecule has 0 saturated heterocycles. The third-order valence-electron chi connectivity index (χ3n) is 2.65. The number of hydrogen-bond donors (Lipinski definition) is 1. The van der Waals surface area contributed by atoms with Crippen molar-refractivity contribution in [1.29, 1.82) is 0 Å². The van der Waals surface area contributed by atoms with Crippen molar-refractivity contribution in [3.05, 3.63) is 18.2 Å². The maximum Gasteiger partial charge on any atom is 0.140 e. The highest BCUT2D eigenvalue weighted by molar-refractivity contribution is 5.08. The molecule has 0 radical (unpaired) electrons. The molecule has 0 spiro atoms. The summed E-state index contributed by atoms with van der Waals surface area (Å²) in [7, 11) is 0. The molecule has 1 heterocycles. The first-order valence-electron chi connectivity index (χ1n) is 4.50. The van der Waals surface area contributed by atoms with Crippen LogP contribution in [0, 0.1) is 0 Å². The van der Waals surface area contributed by atoms with Crippen LogP contribution in [0.3, 0.4) is 0 Å². The third kappa shape index (κ3) is 0.966. The van der Waals surface area contributed by atoms with Gasteiger partial charge in [0.15, 0.2) is 0 Å². The smallest absolute Gasteiger partial charge is 0.140 e. The molecule has 66 valence electrons. The monoisotopic (exact) mass is 166 g/mol. The van der Waals surface area contributed by atoms with Crippen LogP contribution >= 0.6 is 0 Å². The molecule has 2 rings (SSSR count). The van der Waals surface area contributed by atoms with E-state index in [9.17, 15) is 5.11 Å². The van der Waals surface area contributed by atoms with Crippen molar-refractivity contribution < 1.29 is 5.11 Å². The van der Waals surface area contributed by atoms with E-state index in [4.69, 9.17) is 0 Å². The lowest BCUT2D eigenvalue weighted by molar-refractivity contribution is -0.0493. The van der Waals surface area contributed by atoms with E-state index in [-0.39, 0.29) is 0 Å². The van der Waals surface area contributed by atoms with Crippen molar-refractivity contribution in [3.8, 4) is 0 Å². The predicted octanol–water partition coefficient (Wildman–Crippen LogP) is 1.27. The van der Waals surface area contributed by atoms with E-state index in [0.717, 1.165) is 31.6 Å². The van der Waals surface area contributed by atoms with Gasteiger partial charge >= 0.3 is 0 Å². The van der Waals surface area contributed by atoms with Crippen molar-refractivity contribution in [3.63, 3.8) is 0 Å². The zero-order valence-electron chi connectivity index (χ0n) is 7.32. The van der Waals surface area contributed by atoms with Gasteiger partial charge in [-0.25, -0.2) is 4.98 Å². The number of aromatic nitrogens is 2. The molecule has 1 aliphatic carbocycles. The Morgan fingerprint density at radius 1 is 1.67 bits per heavy atom. The predicted molar refractivity (Wildman–Crippen MR) is 45.6 cm³/mol. The van der Waals surface area contributed by atoms with Crippen molar-refractivity contribution in [2.24, 2.45) is 0 Å². The maximum absolute atomic E-state index is 10.00. The first-order chi connectivity index (χ1) is 5.76. The molecule has 1 aromatic heterocycles. The van der Waals surface area contributed by atoms with Crippen LogP contribution in [-0.2, 0) is 12.1 Å². The Morgan fingerprint density at radius 3 is 2.92 bits per heavy atom. The molecular formula is C9H14N2O. The van der Waals surface area contributed by atoms with E-state index < -0.39 is 5.60 Å². The molecule has 1 N–H and O–H groups in total. The van der Waals surface area contributed by atoms with Gasteiger partial charge in [0.25, 0.3) is 0 Å². The average Bonchev–Trinajstić information content (AvgIpc) is 2.47. The third-order valence-corrected chi connectivity index (χ3v) is 2.65. The lowest BCUT2D eigenvalue weighted by atomic mass is 9.79. The summed E-state index contributed by atoms with van der Waals surface area (Å²) >= 11 is 0. The summed E-state index contributed by atoms with van der Waals surface area (Å²) in [6, 6.07) is 0.